The second kappa shape index (κ2) is 5.85. The van der Waals surface area contributed by atoms with E-state index in [9.17, 15) is 4.79 Å². The molecule has 4 nitrogen and oxygen atoms in total. The Kier molecular flexibility index (Phi) is 4.74. The molecule has 0 fully saturated rings. The molecule has 3 N–H and O–H groups in total. The molecule has 0 aliphatic heterocycles. The number of hydrogen-bond donors (Lipinski definition) is 2. The van der Waals surface area contributed by atoms with Crippen molar-refractivity contribution in [2.75, 3.05) is 6.61 Å². The van der Waals surface area contributed by atoms with Crippen LogP contribution in [0.25, 0.3) is 0 Å². The van der Waals surface area contributed by atoms with Crippen molar-refractivity contribution in [1.82, 2.24) is 5.48 Å². The standard InChI is InChI=1S/C10H13BrN2O2/c1-7-2-3-8(9(11)4-7)5-13-15-6-10(12)14/h2-4,13H,5-6H2,1H3,(H2,12,14). The van der Waals surface area contributed by atoms with Crippen LogP contribution in [-0.4, -0.2) is 12.5 Å². The number of primary amides is 1. The van der Waals surface area contributed by atoms with Crippen LogP contribution in [0.3, 0.4) is 0 Å². The van der Waals surface area contributed by atoms with Gasteiger partial charge in [-0.1, -0.05) is 28.1 Å². The van der Waals surface area contributed by atoms with E-state index in [0.717, 1.165) is 10.0 Å². The van der Waals surface area contributed by atoms with Gasteiger partial charge in [-0.2, -0.15) is 5.48 Å². The smallest absolute Gasteiger partial charge is 0.245 e. The highest BCUT2D eigenvalue weighted by atomic mass is 79.9. The van der Waals surface area contributed by atoms with E-state index in [0.29, 0.717) is 6.54 Å². The fourth-order valence-corrected chi connectivity index (χ4v) is 1.68. The maximum atomic E-state index is 10.4. The third-order valence-electron chi connectivity index (χ3n) is 1.79. The lowest BCUT2D eigenvalue weighted by molar-refractivity contribution is -0.125. The van der Waals surface area contributed by atoms with Gasteiger partial charge in [-0.3, -0.25) is 9.63 Å². The summed E-state index contributed by atoms with van der Waals surface area (Å²) in [5, 5.41) is 0. The Morgan fingerprint density at radius 3 is 2.93 bits per heavy atom. The van der Waals surface area contributed by atoms with Gasteiger partial charge in [0.25, 0.3) is 0 Å². The van der Waals surface area contributed by atoms with Crippen LogP contribution in [0.4, 0.5) is 0 Å². The highest BCUT2D eigenvalue weighted by molar-refractivity contribution is 9.10. The number of benzene rings is 1. The van der Waals surface area contributed by atoms with E-state index in [2.05, 4.69) is 21.4 Å². The lowest BCUT2D eigenvalue weighted by Crippen LogP contribution is -2.24. The van der Waals surface area contributed by atoms with Crippen molar-refractivity contribution in [2.24, 2.45) is 5.73 Å². The van der Waals surface area contributed by atoms with Crippen LogP contribution < -0.4 is 11.2 Å². The SMILES string of the molecule is Cc1ccc(CNOCC(N)=O)c(Br)c1. The summed E-state index contributed by atoms with van der Waals surface area (Å²) in [6, 6.07) is 6.01. The summed E-state index contributed by atoms with van der Waals surface area (Å²) in [5.41, 5.74) is 9.82. The van der Waals surface area contributed by atoms with Gasteiger partial charge in [-0.05, 0) is 24.1 Å². The van der Waals surface area contributed by atoms with E-state index in [-0.39, 0.29) is 6.61 Å². The first kappa shape index (κ1) is 12.2. The number of nitrogens with two attached hydrogens (primary N) is 1. The Bertz CT molecular complexity index is 355. The molecule has 15 heavy (non-hydrogen) atoms. The van der Waals surface area contributed by atoms with Gasteiger partial charge >= 0.3 is 0 Å². The van der Waals surface area contributed by atoms with Gasteiger partial charge in [0, 0.05) is 11.0 Å². The molecule has 82 valence electrons. The lowest BCUT2D eigenvalue weighted by Gasteiger charge is -2.06. The minimum atomic E-state index is -0.495. The molecule has 0 aromatic heterocycles. The van der Waals surface area contributed by atoms with Crippen molar-refractivity contribution in [3.8, 4) is 0 Å². The van der Waals surface area contributed by atoms with E-state index >= 15 is 0 Å². The van der Waals surface area contributed by atoms with Crippen molar-refractivity contribution in [3.63, 3.8) is 0 Å². The summed E-state index contributed by atoms with van der Waals surface area (Å²) in [5.74, 6) is -0.495. The first-order valence-corrected chi connectivity index (χ1v) is 5.27. The fraction of sp³-hybridized carbons (Fsp3) is 0.300. The van der Waals surface area contributed by atoms with Crippen LogP contribution >= 0.6 is 15.9 Å². The molecule has 0 heterocycles. The molecule has 1 rings (SSSR count). The highest BCUT2D eigenvalue weighted by Crippen LogP contribution is 2.17. The largest absolute Gasteiger partial charge is 0.368 e. The molecule has 0 bridgehead atoms. The van der Waals surface area contributed by atoms with Crippen LogP contribution in [0, 0.1) is 6.92 Å². The predicted molar refractivity (Wildman–Crippen MR) is 60.9 cm³/mol. The molecule has 0 saturated heterocycles. The van der Waals surface area contributed by atoms with E-state index in [4.69, 9.17) is 10.6 Å². The minimum Gasteiger partial charge on any atom is -0.368 e. The van der Waals surface area contributed by atoms with Crippen LogP contribution in [0.15, 0.2) is 22.7 Å². The molecular weight excluding hydrogens is 260 g/mol. The Hall–Kier alpha value is -0.910. The summed E-state index contributed by atoms with van der Waals surface area (Å²) in [6.07, 6.45) is 0. The van der Waals surface area contributed by atoms with Crippen molar-refractivity contribution in [2.45, 2.75) is 13.5 Å². The molecule has 1 aromatic rings. The van der Waals surface area contributed by atoms with Gasteiger partial charge in [0.05, 0.1) is 0 Å². The molecule has 0 spiro atoms. The van der Waals surface area contributed by atoms with Crippen LogP contribution in [0.5, 0.6) is 0 Å². The quantitative estimate of drug-likeness (QED) is 0.627. The summed E-state index contributed by atoms with van der Waals surface area (Å²) in [7, 11) is 0. The van der Waals surface area contributed by atoms with E-state index in [1.165, 1.54) is 5.56 Å². The highest BCUT2D eigenvalue weighted by Gasteiger charge is 2.00. The summed E-state index contributed by atoms with van der Waals surface area (Å²) >= 11 is 3.44. The second-order valence-electron chi connectivity index (χ2n) is 3.17. The molecule has 5 heteroatoms. The predicted octanol–water partition coefficient (Wildman–Crippen LogP) is 1.26. The lowest BCUT2D eigenvalue weighted by atomic mass is 10.1. The van der Waals surface area contributed by atoms with E-state index < -0.39 is 5.91 Å². The Labute approximate surface area is 96.9 Å². The fourth-order valence-electron chi connectivity index (χ4n) is 1.05. The van der Waals surface area contributed by atoms with E-state index in [1.54, 1.807) is 0 Å². The second-order valence-corrected chi connectivity index (χ2v) is 4.03. The zero-order valence-corrected chi connectivity index (χ0v) is 10.0. The van der Waals surface area contributed by atoms with Gasteiger partial charge in [-0.15, -0.1) is 0 Å². The van der Waals surface area contributed by atoms with Gasteiger partial charge in [0.2, 0.25) is 5.91 Å². The zero-order chi connectivity index (χ0) is 11.3. The van der Waals surface area contributed by atoms with Gasteiger partial charge in [-0.25, -0.2) is 0 Å². The Morgan fingerprint density at radius 2 is 2.33 bits per heavy atom. The summed E-state index contributed by atoms with van der Waals surface area (Å²) < 4.78 is 1.01. The molecular formula is C10H13BrN2O2. The van der Waals surface area contributed by atoms with Crippen LogP contribution in [0.2, 0.25) is 0 Å². The average Bonchev–Trinajstić information content (AvgIpc) is 2.14. The molecule has 1 aromatic carbocycles. The molecule has 0 saturated carbocycles. The zero-order valence-electron chi connectivity index (χ0n) is 8.42. The number of halogens is 1. The number of nitrogens with one attached hydrogen (secondary N) is 1. The number of carbonyl (C=O) groups is 1. The summed E-state index contributed by atoms with van der Waals surface area (Å²) in [6.45, 7) is 2.42. The number of carbonyl (C=O) groups excluding carboxylic acids is 1. The van der Waals surface area contributed by atoms with Crippen LogP contribution in [0.1, 0.15) is 11.1 Å². The van der Waals surface area contributed by atoms with Gasteiger partial charge in [0.15, 0.2) is 0 Å². The molecule has 0 atom stereocenters. The first-order valence-electron chi connectivity index (χ1n) is 4.47. The van der Waals surface area contributed by atoms with Gasteiger partial charge < -0.3 is 5.73 Å². The molecule has 0 unspecified atom stereocenters. The number of rotatable bonds is 5. The number of hydrogen-bond acceptors (Lipinski definition) is 3. The minimum absolute atomic E-state index is 0.122. The monoisotopic (exact) mass is 272 g/mol. The normalized spacial score (nSPS) is 10.3. The van der Waals surface area contributed by atoms with Crippen molar-refractivity contribution >= 4 is 21.8 Å². The van der Waals surface area contributed by atoms with Crippen LogP contribution in [-0.2, 0) is 16.2 Å². The number of amides is 1. The summed E-state index contributed by atoms with van der Waals surface area (Å²) in [4.78, 5) is 15.2. The van der Waals surface area contributed by atoms with Crippen molar-refractivity contribution in [3.05, 3.63) is 33.8 Å². The maximum Gasteiger partial charge on any atom is 0.245 e. The van der Waals surface area contributed by atoms with E-state index in [1.807, 2.05) is 25.1 Å². The number of aryl methyl sites for hydroxylation is 1. The van der Waals surface area contributed by atoms with Gasteiger partial charge in [0.1, 0.15) is 6.61 Å². The third-order valence-corrected chi connectivity index (χ3v) is 2.53. The molecule has 0 aliphatic rings. The maximum absolute atomic E-state index is 10.4. The first-order chi connectivity index (χ1) is 7.09. The average molecular weight is 273 g/mol. The topological polar surface area (TPSA) is 64.3 Å². The molecule has 0 radical (unpaired) electrons. The van der Waals surface area contributed by atoms with Crippen molar-refractivity contribution in [1.29, 1.82) is 0 Å². The Morgan fingerprint density at radius 1 is 1.60 bits per heavy atom. The van der Waals surface area contributed by atoms with Crippen molar-refractivity contribution < 1.29 is 9.63 Å². The Balaban J connectivity index is 2.40. The number of hydroxylamine groups is 1. The third kappa shape index (κ3) is 4.42. The molecule has 0 aliphatic carbocycles. The molecule has 1 amide bonds.